The van der Waals surface area contributed by atoms with Crippen LogP contribution in [0.15, 0.2) is 53.1 Å². The summed E-state index contributed by atoms with van der Waals surface area (Å²) in [6.07, 6.45) is 0.699. The van der Waals surface area contributed by atoms with Crippen LogP contribution in [0.3, 0.4) is 0 Å². The molecule has 0 aliphatic rings. The van der Waals surface area contributed by atoms with E-state index in [9.17, 15) is 4.79 Å². The van der Waals surface area contributed by atoms with Crippen molar-refractivity contribution in [1.82, 2.24) is 10.1 Å². The second-order valence-electron chi connectivity index (χ2n) is 6.30. The minimum absolute atomic E-state index is 0.289. The molecule has 2 N–H and O–H groups in total. The van der Waals surface area contributed by atoms with E-state index in [0.717, 1.165) is 11.3 Å². The standard InChI is InChI=1S/C20H22N4O2/c1-4-18-23-19(24-26-18)15-7-11-17(12-8-15)22-20(25)21-16-9-5-14(6-10-16)13(2)3/h5-13H,4H2,1-3H3,(H2,21,22,25). The van der Waals surface area contributed by atoms with Gasteiger partial charge >= 0.3 is 6.03 Å². The fourth-order valence-electron chi connectivity index (χ4n) is 2.46. The minimum atomic E-state index is -0.289. The monoisotopic (exact) mass is 350 g/mol. The number of nitrogens with one attached hydrogen (secondary N) is 2. The fourth-order valence-corrected chi connectivity index (χ4v) is 2.46. The van der Waals surface area contributed by atoms with Crippen LogP contribution in [0.2, 0.25) is 0 Å². The SMILES string of the molecule is CCc1nc(-c2ccc(NC(=O)Nc3ccc(C(C)C)cc3)cc2)no1. The van der Waals surface area contributed by atoms with Gasteiger partial charge in [-0.2, -0.15) is 4.98 Å². The van der Waals surface area contributed by atoms with Gasteiger partial charge in [-0.25, -0.2) is 4.79 Å². The summed E-state index contributed by atoms with van der Waals surface area (Å²) in [5, 5.41) is 9.57. The van der Waals surface area contributed by atoms with Gasteiger partial charge in [-0.05, 0) is 47.9 Å². The smallest absolute Gasteiger partial charge is 0.323 e. The number of amides is 2. The summed E-state index contributed by atoms with van der Waals surface area (Å²) < 4.78 is 5.11. The van der Waals surface area contributed by atoms with Gasteiger partial charge in [-0.3, -0.25) is 0 Å². The van der Waals surface area contributed by atoms with Crippen molar-refractivity contribution in [1.29, 1.82) is 0 Å². The summed E-state index contributed by atoms with van der Waals surface area (Å²) >= 11 is 0. The molecule has 0 aliphatic heterocycles. The highest BCUT2D eigenvalue weighted by Crippen LogP contribution is 2.20. The minimum Gasteiger partial charge on any atom is -0.339 e. The van der Waals surface area contributed by atoms with Crippen LogP contribution in [0.4, 0.5) is 16.2 Å². The first kappa shape index (κ1) is 17.7. The lowest BCUT2D eigenvalue weighted by Crippen LogP contribution is -2.19. The molecule has 0 spiro atoms. The Bertz CT molecular complexity index is 868. The molecule has 134 valence electrons. The molecule has 1 heterocycles. The number of hydrogen-bond acceptors (Lipinski definition) is 4. The number of hydrogen-bond donors (Lipinski definition) is 2. The van der Waals surface area contributed by atoms with E-state index in [1.165, 1.54) is 5.56 Å². The van der Waals surface area contributed by atoms with Crippen LogP contribution < -0.4 is 10.6 Å². The summed E-state index contributed by atoms with van der Waals surface area (Å²) in [4.78, 5) is 16.4. The third-order valence-corrected chi connectivity index (χ3v) is 4.01. The fraction of sp³-hybridized carbons (Fsp3) is 0.250. The largest absolute Gasteiger partial charge is 0.339 e. The van der Waals surface area contributed by atoms with E-state index in [4.69, 9.17) is 4.52 Å². The average Bonchev–Trinajstić information content (AvgIpc) is 3.12. The maximum absolute atomic E-state index is 12.1. The van der Waals surface area contributed by atoms with E-state index in [1.807, 2.05) is 43.3 Å². The molecule has 6 heteroatoms. The third-order valence-electron chi connectivity index (χ3n) is 4.01. The Labute approximate surface area is 152 Å². The number of rotatable bonds is 5. The highest BCUT2D eigenvalue weighted by atomic mass is 16.5. The van der Waals surface area contributed by atoms with Crippen LogP contribution in [0.25, 0.3) is 11.4 Å². The molecule has 0 aliphatic carbocycles. The van der Waals surface area contributed by atoms with Crippen LogP contribution in [0, 0.1) is 0 Å². The number of carbonyl (C=O) groups is 1. The Morgan fingerprint density at radius 2 is 1.58 bits per heavy atom. The molecule has 0 unspecified atom stereocenters. The molecule has 1 aromatic heterocycles. The van der Waals surface area contributed by atoms with E-state index < -0.39 is 0 Å². The number of urea groups is 1. The van der Waals surface area contributed by atoms with Crippen LogP contribution >= 0.6 is 0 Å². The highest BCUT2D eigenvalue weighted by molar-refractivity contribution is 5.99. The molecule has 2 aromatic carbocycles. The van der Waals surface area contributed by atoms with E-state index in [0.29, 0.717) is 29.7 Å². The molecule has 2 amide bonds. The zero-order valence-electron chi connectivity index (χ0n) is 15.1. The second kappa shape index (κ2) is 7.82. The average molecular weight is 350 g/mol. The Morgan fingerprint density at radius 3 is 2.08 bits per heavy atom. The number of anilines is 2. The van der Waals surface area contributed by atoms with Gasteiger partial charge in [-0.15, -0.1) is 0 Å². The number of benzene rings is 2. The zero-order chi connectivity index (χ0) is 18.5. The van der Waals surface area contributed by atoms with Gasteiger partial charge in [0.05, 0.1) is 0 Å². The first-order chi connectivity index (χ1) is 12.5. The van der Waals surface area contributed by atoms with Crippen molar-refractivity contribution < 1.29 is 9.32 Å². The van der Waals surface area contributed by atoms with Crippen molar-refractivity contribution in [3.8, 4) is 11.4 Å². The van der Waals surface area contributed by atoms with Gasteiger partial charge < -0.3 is 15.2 Å². The summed E-state index contributed by atoms with van der Waals surface area (Å²) in [7, 11) is 0. The molecule has 26 heavy (non-hydrogen) atoms. The van der Waals surface area contributed by atoms with Gasteiger partial charge in [0.15, 0.2) is 0 Å². The summed E-state index contributed by atoms with van der Waals surface area (Å²) in [5.41, 5.74) is 3.51. The summed E-state index contributed by atoms with van der Waals surface area (Å²) in [5.74, 6) is 1.61. The Kier molecular flexibility index (Phi) is 5.31. The van der Waals surface area contributed by atoms with Gasteiger partial charge in [0.1, 0.15) is 0 Å². The molecule has 6 nitrogen and oxygen atoms in total. The van der Waals surface area contributed by atoms with E-state index in [-0.39, 0.29) is 6.03 Å². The molecule has 0 radical (unpaired) electrons. The number of carbonyl (C=O) groups excluding carboxylic acids is 1. The quantitative estimate of drug-likeness (QED) is 0.673. The lowest BCUT2D eigenvalue weighted by atomic mass is 10.0. The topological polar surface area (TPSA) is 80.0 Å². The Hall–Kier alpha value is -3.15. The Morgan fingerprint density at radius 1 is 1.00 bits per heavy atom. The number of aromatic nitrogens is 2. The van der Waals surface area contributed by atoms with Gasteiger partial charge in [-0.1, -0.05) is 38.1 Å². The normalized spacial score (nSPS) is 10.8. The Balaban J connectivity index is 1.60. The molecule has 0 fully saturated rings. The predicted molar refractivity (Wildman–Crippen MR) is 102 cm³/mol. The van der Waals surface area contributed by atoms with Crippen molar-refractivity contribution in [3.63, 3.8) is 0 Å². The molecule has 0 saturated heterocycles. The van der Waals surface area contributed by atoms with Crippen molar-refractivity contribution >= 4 is 17.4 Å². The molecule has 0 bridgehead atoms. The van der Waals surface area contributed by atoms with E-state index in [1.54, 1.807) is 12.1 Å². The predicted octanol–water partition coefficient (Wildman–Crippen LogP) is 5.07. The van der Waals surface area contributed by atoms with Crippen LogP contribution in [-0.2, 0) is 6.42 Å². The van der Waals surface area contributed by atoms with Gasteiger partial charge in [0.25, 0.3) is 0 Å². The van der Waals surface area contributed by atoms with E-state index >= 15 is 0 Å². The molecule has 0 saturated carbocycles. The maximum atomic E-state index is 12.1. The van der Waals surface area contributed by atoms with Gasteiger partial charge in [0, 0.05) is 23.4 Å². The van der Waals surface area contributed by atoms with Crippen LogP contribution in [-0.4, -0.2) is 16.2 Å². The van der Waals surface area contributed by atoms with Crippen molar-refractivity contribution in [2.45, 2.75) is 33.1 Å². The maximum Gasteiger partial charge on any atom is 0.323 e. The first-order valence-corrected chi connectivity index (χ1v) is 8.66. The van der Waals surface area contributed by atoms with Gasteiger partial charge in [0.2, 0.25) is 11.7 Å². The van der Waals surface area contributed by atoms with Crippen LogP contribution in [0.5, 0.6) is 0 Å². The van der Waals surface area contributed by atoms with Crippen molar-refractivity contribution in [3.05, 3.63) is 60.0 Å². The van der Waals surface area contributed by atoms with Crippen LogP contribution in [0.1, 0.15) is 38.1 Å². The summed E-state index contributed by atoms with van der Waals surface area (Å²) in [6.45, 7) is 6.23. The van der Waals surface area contributed by atoms with Crippen molar-refractivity contribution in [2.75, 3.05) is 10.6 Å². The van der Waals surface area contributed by atoms with E-state index in [2.05, 4.69) is 34.6 Å². The molecule has 0 atom stereocenters. The molecule has 3 rings (SSSR count). The lowest BCUT2D eigenvalue weighted by Gasteiger charge is -2.10. The molecular weight excluding hydrogens is 328 g/mol. The summed E-state index contributed by atoms with van der Waals surface area (Å²) in [6, 6.07) is 14.9. The molecule has 3 aromatic rings. The first-order valence-electron chi connectivity index (χ1n) is 8.66. The van der Waals surface area contributed by atoms with Crippen molar-refractivity contribution in [2.24, 2.45) is 0 Å². The third kappa shape index (κ3) is 4.27. The lowest BCUT2D eigenvalue weighted by molar-refractivity contribution is 0.262. The number of nitrogens with zero attached hydrogens (tertiary/aromatic N) is 2. The zero-order valence-corrected chi connectivity index (χ0v) is 15.1. The highest BCUT2D eigenvalue weighted by Gasteiger charge is 2.08. The second-order valence-corrected chi connectivity index (χ2v) is 6.30. The molecular formula is C20H22N4O2. The number of aryl methyl sites for hydroxylation is 1.